The van der Waals surface area contributed by atoms with Crippen molar-refractivity contribution in [3.63, 3.8) is 0 Å². The van der Waals surface area contributed by atoms with E-state index < -0.39 is 28.7 Å². The second-order valence-corrected chi connectivity index (χ2v) is 6.48. The maximum Gasteiger partial charge on any atom is 0.416 e. The lowest BCUT2D eigenvalue weighted by atomic mass is 10.1. The number of alkyl halides is 3. The minimum atomic E-state index is -4.53. The van der Waals surface area contributed by atoms with E-state index in [4.69, 9.17) is 0 Å². The van der Waals surface area contributed by atoms with Crippen LogP contribution in [-0.4, -0.2) is 14.3 Å². The molecule has 0 radical (unpaired) electrons. The molecule has 0 aliphatic carbocycles. The summed E-state index contributed by atoms with van der Waals surface area (Å²) in [4.78, 5) is 25.7. The largest absolute Gasteiger partial charge is 0.416 e. The van der Waals surface area contributed by atoms with Gasteiger partial charge in [0.1, 0.15) is 17.4 Å². The summed E-state index contributed by atoms with van der Waals surface area (Å²) < 4.78 is 53.5. The van der Waals surface area contributed by atoms with E-state index in [1.807, 2.05) is 0 Å². The Morgan fingerprint density at radius 3 is 2.06 bits per heavy atom. The van der Waals surface area contributed by atoms with Crippen molar-refractivity contribution >= 4 is 10.9 Å². The molecule has 0 atom stereocenters. The molecule has 2 aromatic carbocycles. The first-order valence-corrected chi connectivity index (χ1v) is 8.73. The highest BCUT2D eigenvalue weighted by molar-refractivity contribution is 5.83. The standard InChI is InChI=1S/C21H10F4N4O2/c22-13-3-7-15(8-4-13)29-19(30)17(11-26)16-9-10-28(20(31)18(16)27-29)14-5-1-12(2-6-14)21(23,24)25/h1-10H. The van der Waals surface area contributed by atoms with Crippen LogP contribution in [0.1, 0.15) is 11.1 Å². The van der Waals surface area contributed by atoms with Gasteiger partial charge in [-0.2, -0.15) is 28.2 Å². The van der Waals surface area contributed by atoms with E-state index in [9.17, 15) is 32.4 Å². The maximum atomic E-state index is 13.2. The molecule has 0 saturated carbocycles. The minimum Gasteiger partial charge on any atom is -0.282 e. The van der Waals surface area contributed by atoms with Crippen LogP contribution >= 0.6 is 0 Å². The Kier molecular flexibility index (Phi) is 4.66. The van der Waals surface area contributed by atoms with Crippen molar-refractivity contribution in [2.75, 3.05) is 0 Å². The van der Waals surface area contributed by atoms with Crippen molar-refractivity contribution in [1.29, 1.82) is 5.26 Å². The number of nitriles is 1. The smallest absolute Gasteiger partial charge is 0.282 e. The van der Waals surface area contributed by atoms with Crippen molar-refractivity contribution in [3.05, 3.63) is 98.4 Å². The molecule has 10 heteroatoms. The molecule has 0 fully saturated rings. The summed E-state index contributed by atoms with van der Waals surface area (Å²) in [7, 11) is 0. The molecule has 0 saturated heterocycles. The predicted octanol–water partition coefficient (Wildman–Crippen LogP) is 3.57. The molecule has 0 spiro atoms. The highest BCUT2D eigenvalue weighted by atomic mass is 19.4. The van der Waals surface area contributed by atoms with Crippen LogP contribution in [-0.2, 0) is 6.18 Å². The van der Waals surface area contributed by atoms with Crippen molar-refractivity contribution in [1.82, 2.24) is 14.3 Å². The first-order chi connectivity index (χ1) is 14.7. The van der Waals surface area contributed by atoms with Crippen molar-refractivity contribution in [3.8, 4) is 17.4 Å². The SMILES string of the molecule is N#Cc1c(=O)n(-c2ccc(F)cc2)nc2c(=O)n(-c3ccc(C(F)(F)F)cc3)ccc12. The number of hydrogen-bond acceptors (Lipinski definition) is 4. The van der Waals surface area contributed by atoms with Gasteiger partial charge in [-0.1, -0.05) is 0 Å². The van der Waals surface area contributed by atoms with Gasteiger partial charge in [-0.15, -0.1) is 0 Å². The fourth-order valence-corrected chi connectivity index (χ4v) is 3.07. The second kappa shape index (κ2) is 7.21. The Bertz CT molecular complexity index is 1460. The second-order valence-electron chi connectivity index (χ2n) is 6.48. The summed E-state index contributed by atoms with van der Waals surface area (Å²) in [5.41, 5.74) is -2.74. The lowest BCUT2D eigenvalue weighted by Crippen LogP contribution is -2.28. The van der Waals surface area contributed by atoms with Crippen LogP contribution in [0.5, 0.6) is 0 Å². The van der Waals surface area contributed by atoms with Gasteiger partial charge in [-0.05, 0) is 54.6 Å². The molecule has 31 heavy (non-hydrogen) atoms. The first kappa shape index (κ1) is 20.0. The van der Waals surface area contributed by atoms with Gasteiger partial charge in [-0.3, -0.25) is 14.2 Å². The molecule has 4 aromatic rings. The quantitative estimate of drug-likeness (QED) is 0.459. The van der Waals surface area contributed by atoms with Gasteiger partial charge in [0.05, 0.1) is 11.3 Å². The van der Waals surface area contributed by atoms with Gasteiger partial charge in [0.25, 0.3) is 11.1 Å². The number of hydrogen-bond donors (Lipinski definition) is 0. The zero-order chi connectivity index (χ0) is 22.3. The Balaban J connectivity index is 1.96. The molecule has 6 nitrogen and oxygen atoms in total. The number of aromatic nitrogens is 3. The molecule has 0 N–H and O–H groups in total. The highest BCUT2D eigenvalue weighted by Gasteiger charge is 2.30. The summed E-state index contributed by atoms with van der Waals surface area (Å²) in [5, 5.41) is 13.5. The molecular formula is C21H10F4N4O2. The van der Waals surface area contributed by atoms with Gasteiger partial charge < -0.3 is 0 Å². The van der Waals surface area contributed by atoms with Crippen LogP contribution in [0.4, 0.5) is 17.6 Å². The van der Waals surface area contributed by atoms with Crippen molar-refractivity contribution < 1.29 is 17.6 Å². The Morgan fingerprint density at radius 1 is 0.871 bits per heavy atom. The lowest BCUT2D eigenvalue weighted by Gasteiger charge is -2.11. The van der Waals surface area contributed by atoms with E-state index in [1.54, 1.807) is 6.07 Å². The molecule has 0 bridgehead atoms. The minimum absolute atomic E-state index is 0.000904. The maximum absolute atomic E-state index is 13.2. The van der Waals surface area contributed by atoms with E-state index in [2.05, 4.69) is 5.10 Å². The van der Waals surface area contributed by atoms with Gasteiger partial charge in [0.2, 0.25) is 0 Å². The number of benzene rings is 2. The molecule has 0 unspecified atom stereocenters. The third-order valence-corrected chi connectivity index (χ3v) is 4.60. The van der Waals surface area contributed by atoms with Crippen LogP contribution in [0.2, 0.25) is 0 Å². The Hall–Kier alpha value is -4.26. The lowest BCUT2D eigenvalue weighted by molar-refractivity contribution is -0.137. The average molecular weight is 426 g/mol. The van der Waals surface area contributed by atoms with Crippen LogP contribution in [0.3, 0.4) is 0 Å². The normalized spacial score (nSPS) is 11.5. The topological polar surface area (TPSA) is 80.7 Å². The summed E-state index contributed by atoms with van der Waals surface area (Å²) in [6.07, 6.45) is -3.28. The van der Waals surface area contributed by atoms with Gasteiger partial charge in [-0.25, -0.2) is 4.39 Å². The van der Waals surface area contributed by atoms with Gasteiger partial charge in [0.15, 0.2) is 5.52 Å². The zero-order valence-electron chi connectivity index (χ0n) is 15.4. The number of fused-ring (bicyclic) bond motifs is 1. The molecular weight excluding hydrogens is 416 g/mol. The summed E-state index contributed by atoms with van der Waals surface area (Å²) in [5.74, 6) is -0.553. The van der Waals surface area contributed by atoms with E-state index in [0.29, 0.717) is 0 Å². The summed E-state index contributed by atoms with van der Waals surface area (Å²) in [6, 6.07) is 11.7. The van der Waals surface area contributed by atoms with Crippen LogP contribution in [0.25, 0.3) is 22.3 Å². The van der Waals surface area contributed by atoms with Gasteiger partial charge in [0, 0.05) is 17.3 Å². The Morgan fingerprint density at radius 2 is 1.48 bits per heavy atom. The molecule has 2 aromatic heterocycles. The zero-order valence-corrected chi connectivity index (χ0v) is 15.4. The Labute approximate surface area is 170 Å². The molecule has 0 amide bonds. The monoisotopic (exact) mass is 426 g/mol. The first-order valence-electron chi connectivity index (χ1n) is 8.73. The third kappa shape index (κ3) is 3.46. The number of nitrogens with zero attached hydrogens (tertiary/aromatic N) is 4. The van der Waals surface area contributed by atoms with E-state index in [-0.39, 0.29) is 27.8 Å². The predicted molar refractivity (Wildman–Crippen MR) is 103 cm³/mol. The van der Waals surface area contributed by atoms with E-state index in [1.165, 1.54) is 24.4 Å². The summed E-state index contributed by atoms with van der Waals surface area (Å²) >= 11 is 0. The van der Waals surface area contributed by atoms with Crippen LogP contribution in [0, 0.1) is 17.1 Å². The molecule has 0 aliphatic rings. The fourth-order valence-electron chi connectivity index (χ4n) is 3.07. The average Bonchev–Trinajstić information content (AvgIpc) is 2.74. The van der Waals surface area contributed by atoms with E-state index >= 15 is 0 Å². The number of rotatable bonds is 2. The molecule has 4 rings (SSSR count). The third-order valence-electron chi connectivity index (χ3n) is 4.60. The van der Waals surface area contributed by atoms with Crippen LogP contribution < -0.4 is 11.1 Å². The van der Waals surface area contributed by atoms with Gasteiger partial charge >= 0.3 is 6.18 Å². The molecule has 0 aliphatic heterocycles. The number of halogens is 4. The van der Waals surface area contributed by atoms with Crippen LogP contribution in [0.15, 0.2) is 70.4 Å². The molecule has 154 valence electrons. The summed E-state index contributed by atoms with van der Waals surface area (Å²) in [6.45, 7) is 0. The number of pyridine rings is 1. The highest BCUT2D eigenvalue weighted by Crippen LogP contribution is 2.29. The van der Waals surface area contributed by atoms with Crippen molar-refractivity contribution in [2.24, 2.45) is 0 Å². The fraction of sp³-hybridized carbons (Fsp3) is 0.0476. The van der Waals surface area contributed by atoms with Crippen molar-refractivity contribution in [2.45, 2.75) is 6.18 Å². The van der Waals surface area contributed by atoms with E-state index in [0.717, 1.165) is 45.6 Å². The molecule has 2 heterocycles.